The molecule has 1 heterocycles. The molecule has 0 atom stereocenters. The maximum atomic E-state index is 12.1. The molecule has 0 aromatic carbocycles. The molecule has 0 fully saturated rings. The maximum absolute atomic E-state index is 12.1. The van der Waals surface area contributed by atoms with Gasteiger partial charge in [0.25, 0.3) is 0 Å². The van der Waals surface area contributed by atoms with Crippen LogP contribution in [0.2, 0.25) is 0 Å². The van der Waals surface area contributed by atoms with Gasteiger partial charge in [0, 0.05) is 12.7 Å². The Hall–Kier alpha value is -1.37. The van der Waals surface area contributed by atoms with Crippen molar-refractivity contribution in [3.05, 3.63) is 18.6 Å². The van der Waals surface area contributed by atoms with Gasteiger partial charge in [0.15, 0.2) is 0 Å². The van der Waals surface area contributed by atoms with Crippen LogP contribution < -0.4 is 4.90 Å². The molecule has 1 N–H and O–H groups in total. The number of rotatable bonds is 4. The first-order chi connectivity index (χ1) is 7.03. The molecule has 0 spiro atoms. The van der Waals surface area contributed by atoms with Gasteiger partial charge in [-0.05, 0) is 6.07 Å². The summed E-state index contributed by atoms with van der Waals surface area (Å²) in [6.45, 7) is -1.61. The second kappa shape index (κ2) is 4.92. The smallest absolute Gasteiger partial charge is 0.395 e. The fourth-order valence-corrected chi connectivity index (χ4v) is 1.08. The lowest BCUT2D eigenvalue weighted by molar-refractivity contribution is -0.120. The summed E-state index contributed by atoms with van der Waals surface area (Å²) in [5, 5.41) is 8.64. The molecule has 0 saturated heterocycles. The molecule has 15 heavy (non-hydrogen) atoms. The minimum Gasteiger partial charge on any atom is -0.395 e. The largest absolute Gasteiger partial charge is 0.405 e. The van der Waals surface area contributed by atoms with Crippen molar-refractivity contribution < 1.29 is 18.3 Å². The zero-order chi connectivity index (χ0) is 11.3. The first-order valence-electron chi connectivity index (χ1n) is 4.21. The minimum atomic E-state index is -4.32. The van der Waals surface area contributed by atoms with Gasteiger partial charge in [-0.2, -0.15) is 13.2 Å². The van der Waals surface area contributed by atoms with Crippen LogP contribution in [0.4, 0.5) is 19.0 Å². The van der Waals surface area contributed by atoms with E-state index < -0.39 is 12.7 Å². The number of aromatic nitrogens is 2. The van der Waals surface area contributed by atoms with E-state index in [0.717, 1.165) is 11.2 Å². The van der Waals surface area contributed by atoms with Gasteiger partial charge in [-0.25, -0.2) is 9.97 Å². The number of halogens is 3. The van der Waals surface area contributed by atoms with Gasteiger partial charge in [-0.1, -0.05) is 0 Å². The third-order valence-electron chi connectivity index (χ3n) is 1.63. The second-order valence-corrected chi connectivity index (χ2v) is 2.83. The third kappa shape index (κ3) is 4.11. The van der Waals surface area contributed by atoms with E-state index in [1.54, 1.807) is 0 Å². The molecule has 0 aliphatic carbocycles. The fraction of sp³-hybridized carbons (Fsp3) is 0.500. The summed E-state index contributed by atoms with van der Waals surface area (Å²) in [4.78, 5) is 8.23. The Balaban J connectivity index is 2.75. The van der Waals surface area contributed by atoms with Crippen LogP contribution in [0.25, 0.3) is 0 Å². The van der Waals surface area contributed by atoms with E-state index in [1.165, 1.54) is 12.3 Å². The molecule has 0 aliphatic heterocycles. The highest BCUT2D eigenvalue weighted by atomic mass is 19.4. The maximum Gasteiger partial charge on any atom is 0.405 e. The van der Waals surface area contributed by atoms with E-state index in [4.69, 9.17) is 5.11 Å². The van der Waals surface area contributed by atoms with E-state index >= 15 is 0 Å². The zero-order valence-corrected chi connectivity index (χ0v) is 7.78. The molecular formula is C8H10F3N3O. The van der Waals surface area contributed by atoms with Crippen molar-refractivity contribution >= 4 is 5.82 Å². The van der Waals surface area contributed by atoms with Gasteiger partial charge in [-0.3, -0.25) is 0 Å². The zero-order valence-electron chi connectivity index (χ0n) is 7.78. The highest BCUT2D eigenvalue weighted by Crippen LogP contribution is 2.19. The highest BCUT2D eigenvalue weighted by Gasteiger charge is 2.31. The van der Waals surface area contributed by atoms with E-state index in [0.29, 0.717) is 0 Å². The van der Waals surface area contributed by atoms with Crippen LogP contribution in [0.15, 0.2) is 18.6 Å². The summed E-state index contributed by atoms with van der Waals surface area (Å²) in [5.74, 6) is 0.149. The summed E-state index contributed by atoms with van der Waals surface area (Å²) in [5.41, 5.74) is 0. The molecule has 0 bridgehead atoms. The van der Waals surface area contributed by atoms with Crippen LogP contribution in [-0.4, -0.2) is 40.9 Å². The quantitative estimate of drug-likeness (QED) is 0.818. The average Bonchev–Trinajstić information content (AvgIpc) is 2.17. The van der Waals surface area contributed by atoms with Crippen molar-refractivity contribution in [3.63, 3.8) is 0 Å². The Morgan fingerprint density at radius 1 is 1.40 bits per heavy atom. The summed E-state index contributed by atoms with van der Waals surface area (Å²) >= 11 is 0. The number of nitrogens with zero attached hydrogens (tertiary/aromatic N) is 3. The molecule has 1 aromatic rings. The van der Waals surface area contributed by atoms with Crippen molar-refractivity contribution in [2.45, 2.75) is 6.18 Å². The van der Waals surface area contributed by atoms with Crippen LogP contribution in [-0.2, 0) is 0 Å². The van der Waals surface area contributed by atoms with Gasteiger partial charge < -0.3 is 10.0 Å². The summed E-state index contributed by atoms with van der Waals surface area (Å²) in [7, 11) is 0. The van der Waals surface area contributed by atoms with Crippen LogP contribution >= 0.6 is 0 Å². The molecule has 0 saturated carbocycles. The Labute approximate surface area is 84.4 Å². The molecule has 1 aromatic heterocycles. The highest BCUT2D eigenvalue weighted by molar-refractivity contribution is 5.36. The first kappa shape index (κ1) is 11.7. The molecule has 1 rings (SSSR count). The van der Waals surface area contributed by atoms with Gasteiger partial charge in [-0.15, -0.1) is 0 Å². The number of aliphatic hydroxyl groups is 1. The number of hydrogen-bond acceptors (Lipinski definition) is 4. The summed E-state index contributed by atoms with van der Waals surface area (Å²) in [6, 6.07) is 1.36. The Kier molecular flexibility index (Phi) is 3.84. The van der Waals surface area contributed by atoms with E-state index in [1.807, 2.05) is 0 Å². The van der Waals surface area contributed by atoms with Crippen molar-refractivity contribution in [1.82, 2.24) is 9.97 Å². The first-order valence-corrected chi connectivity index (χ1v) is 4.21. The molecule has 0 amide bonds. The molecule has 0 unspecified atom stereocenters. The molecule has 0 radical (unpaired) electrons. The number of alkyl halides is 3. The van der Waals surface area contributed by atoms with Crippen molar-refractivity contribution in [3.8, 4) is 0 Å². The number of hydrogen-bond donors (Lipinski definition) is 1. The van der Waals surface area contributed by atoms with Gasteiger partial charge in [0.1, 0.15) is 18.7 Å². The molecule has 4 nitrogen and oxygen atoms in total. The van der Waals surface area contributed by atoms with E-state index in [-0.39, 0.29) is 19.0 Å². The van der Waals surface area contributed by atoms with Crippen LogP contribution in [0.1, 0.15) is 0 Å². The van der Waals surface area contributed by atoms with Gasteiger partial charge in [0.05, 0.1) is 6.61 Å². The number of aliphatic hydroxyl groups excluding tert-OH is 1. The van der Waals surface area contributed by atoms with Crippen molar-refractivity contribution in [2.75, 3.05) is 24.6 Å². The van der Waals surface area contributed by atoms with Crippen molar-refractivity contribution in [2.24, 2.45) is 0 Å². The lowest BCUT2D eigenvalue weighted by Gasteiger charge is -2.23. The van der Waals surface area contributed by atoms with Gasteiger partial charge >= 0.3 is 6.18 Å². The minimum absolute atomic E-state index is 0.115. The Morgan fingerprint density at radius 2 is 2.13 bits per heavy atom. The lowest BCUT2D eigenvalue weighted by Crippen LogP contribution is -2.36. The lowest BCUT2D eigenvalue weighted by atomic mass is 10.4. The average molecular weight is 221 g/mol. The Morgan fingerprint density at radius 3 is 2.60 bits per heavy atom. The predicted molar refractivity (Wildman–Crippen MR) is 47.4 cm³/mol. The Bertz CT molecular complexity index is 291. The van der Waals surface area contributed by atoms with Crippen LogP contribution in [0.5, 0.6) is 0 Å². The predicted octanol–water partition coefficient (Wildman–Crippen LogP) is 0.838. The second-order valence-electron chi connectivity index (χ2n) is 2.83. The molecule has 7 heteroatoms. The van der Waals surface area contributed by atoms with Gasteiger partial charge in [0.2, 0.25) is 0 Å². The summed E-state index contributed by atoms with van der Waals surface area (Å²) < 4.78 is 36.4. The summed E-state index contributed by atoms with van der Waals surface area (Å²) in [6.07, 6.45) is -1.81. The molecule has 84 valence electrons. The topological polar surface area (TPSA) is 49.2 Å². The molecular weight excluding hydrogens is 211 g/mol. The van der Waals surface area contributed by atoms with E-state index in [9.17, 15) is 13.2 Å². The third-order valence-corrected chi connectivity index (χ3v) is 1.63. The monoisotopic (exact) mass is 221 g/mol. The fourth-order valence-electron chi connectivity index (χ4n) is 1.08. The number of anilines is 1. The van der Waals surface area contributed by atoms with Crippen LogP contribution in [0.3, 0.4) is 0 Å². The van der Waals surface area contributed by atoms with Crippen molar-refractivity contribution in [1.29, 1.82) is 0 Å². The van der Waals surface area contributed by atoms with Crippen LogP contribution in [0, 0.1) is 0 Å². The standard InChI is InChI=1S/C8H10F3N3O/c9-8(10,11)5-14(3-4-15)7-1-2-12-6-13-7/h1-2,6,15H,3-5H2. The normalized spacial score (nSPS) is 11.5. The SMILES string of the molecule is OCCN(CC(F)(F)F)c1ccncn1. The molecule has 0 aliphatic rings. The van der Waals surface area contributed by atoms with E-state index in [2.05, 4.69) is 9.97 Å².